The van der Waals surface area contributed by atoms with Gasteiger partial charge >= 0.3 is 0 Å². The molecule has 1 saturated carbocycles. The molecule has 0 aliphatic heterocycles. The van der Waals surface area contributed by atoms with E-state index in [4.69, 9.17) is 9.47 Å². The third kappa shape index (κ3) is 4.37. The fourth-order valence-corrected chi connectivity index (χ4v) is 2.97. The molecule has 1 aromatic rings. The van der Waals surface area contributed by atoms with Crippen LogP contribution in [0.5, 0.6) is 11.5 Å². The number of methoxy groups -OCH3 is 2. The number of ether oxygens (including phenoxy) is 2. The van der Waals surface area contributed by atoms with Gasteiger partial charge < -0.3 is 14.8 Å². The normalized spacial score (nSPS) is 15.6. The van der Waals surface area contributed by atoms with E-state index < -0.39 is 0 Å². The predicted molar refractivity (Wildman–Crippen MR) is 87.7 cm³/mol. The summed E-state index contributed by atoms with van der Waals surface area (Å²) in [5, 5.41) is 2.92. The van der Waals surface area contributed by atoms with Gasteiger partial charge in [-0.25, -0.2) is 0 Å². The smallest absolute Gasteiger partial charge is 0.238 e. The Morgan fingerprint density at radius 2 is 1.95 bits per heavy atom. The minimum Gasteiger partial charge on any atom is -0.497 e. The van der Waals surface area contributed by atoms with Crippen LogP contribution in [0.25, 0.3) is 0 Å². The zero-order chi connectivity index (χ0) is 15.9. The first-order valence-electron chi connectivity index (χ1n) is 7.86. The average molecular weight is 306 g/mol. The number of nitrogens with one attached hydrogen (secondary N) is 1. The van der Waals surface area contributed by atoms with E-state index in [-0.39, 0.29) is 5.91 Å². The molecule has 1 aromatic carbocycles. The van der Waals surface area contributed by atoms with Gasteiger partial charge in [0, 0.05) is 12.1 Å². The van der Waals surface area contributed by atoms with Crippen molar-refractivity contribution in [1.82, 2.24) is 4.90 Å². The van der Waals surface area contributed by atoms with Gasteiger partial charge in [0.2, 0.25) is 5.91 Å². The summed E-state index contributed by atoms with van der Waals surface area (Å²) in [4.78, 5) is 14.4. The van der Waals surface area contributed by atoms with Crippen LogP contribution in [0.4, 0.5) is 5.69 Å². The van der Waals surface area contributed by atoms with Crippen LogP contribution in [0.15, 0.2) is 18.2 Å². The largest absolute Gasteiger partial charge is 0.497 e. The van der Waals surface area contributed by atoms with E-state index in [0.717, 1.165) is 0 Å². The highest BCUT2D eigenvalue weighted by atomic mass is 16.5. The molecule has 1 aliphatic rings. The van der Waals surface area contributed by atoms with Crippen LogP contribution >= 0.6 is 0 Å². The number of anilines is 1. The average Bonchev–Trinajstić information content (AvgIpc) is 2.55. The van der Waals surface area contributed by atoms with E-state index in [2.05, 4.69) is 10.2 Å². The van der Waals surface area contributed by atoms with E-state index in [0.29, 0.717) is 29.8 Å². The zero-order valence-corrected chi connectivity index (χ0v) is 13.7. The molecule has 2 rings (SSSR count). The summed E-state index contributed by atoms with van der Waals surface area (Å²) in [5.41, 5.74) is 0.672. The maximum Gasteiger partial charge on any atom is 0.238 e. The molecule has 0 aromatic heterocycles. The second-order valence-electron chi connectivity index (χ2n) is 5.82. The van der Waals surface area contributed by atoms with Gasteiger partial charge in [0.15, 0.2) is 0 Å². The Hall–Kier alpha value is -1.75. The molecule has 0 saturated heterocycles. The highest BCUT2D eigenvalue weighted by Crippen LogP contribution is 2.29. The van der Waals surface area contributed by atoms with E-state index in [9.17, 15) is 4.79 Å². The topological polar surface area (TPSA) is 50.8 Å². The number of rotatable bonds is 6. The molecule has 0 unspecified atom stereocenters. The Morgan fingerprint density at radius 1 is 1.23 bits per heavy atom. The van der Waals surface area contributed by atoms with Crippen LogP contribution in [0.1, 0.15) is 32.1 Å². The van der Waals surface area contributed by atoms with Crippen LogP contribution in [0, 0.1) is 0 Å². The van der Waals surface area contributed by atoms with Gasteiger partial charge in [-0.05, 0) is 32.0 Å². The molecule has 0 atom stereocenters. The van der Waals surface area contributed by atoms with E-state index >= 15 is 0 Å². The summed E-state index contributed by atoms with van der Waals surface area (Å²) in [6.07, 6.45) is 6.23. The fraction of sp³-hybridized carbons (Fsp3) is 0.588. The van der Waals surface area contributed by atoms with Gasteiger partial charge in [-0.15, -0.1) is 0 Å². The van der Waals surface area contributed by atoms with Gasteiger partial charge in [-0.3, -0.25) is 9.69 Å². The van der Waals surface area contributed by atoms with Crippen molar-refractivity contribution in [1.29, 1.82) is 0 Å². The molecule has 0 radical (unpaired) electrons. The lowest BCUT2D eigenvalue weighted by Crippen LogP contribution is -2.39. The zero-order valence-electron chi connectivity index (χ0n) is 13.7. The Labute approximate surface area is 132 Å². The van der Waals surface area contributed by atoms with Crippen molar-refractivity contribution in [2.45, 2.75) is 38.1 Å². The number of amides is 1. The molecular weight excluding hydrogens is 280 g/mol. The molecule has 0 bridgehead atoms. The number of hydrogen-bond acceptors (Lipinski definition) is 4. The van der Waals surface area contributed by atoms with Crippen molar-refractivity contribution in [3.8, 4) is 11.5 Å². The molecule has 5 heteroatoms. The maximum atomic E-state index is 12.2. The lowest BCUT2D eigenvalue weighted by atomic mass is 9.94. The van der Waals surface area contributed by atoms with Gasteiger partial charge in [0.05, 0.1) is 26.5 Å². The third-order valence-electron chi connectivity index (χ3n) is 4.27. The Morgan fingerprint density at radius 3 is 2.59 bits per heavy atom. The summed E-state index contributed by atoms with van der Waals surface area (Å²) in [6, 6.07) is 5.90. The van der Waals surface area contributed by atoms with E-state index in [1.807, 2.05) is 13.1 Å². The van der Waals surface area contributed by atoms with Crippen LogP contribution in [0.3, 0.4) is 0 Å². The van der Waals surface area contributed by atoms with Crippen molar-refractivity contribution in [3.63, 3.8) is 0 Å². The van der Waals surface area contributed by atoms with Crippen molar-refractivity contribution >= 4 is 11.6 Å². The first-order chi connectivity index (χ1) is 10.6. The first kappa shape index (κ1) is 16.6. The van der Waals surface area contributed by atoms with E-state index in [1.165, 1.54) is 32.1 Å². The van der Waals surface area contributed by atoms with Crippen LogP contribution < -0.4 is 14.8 Å². The van der Waals surface area contributed by atoms with Crippen LogP contribution in [-0.4, -0.2) is 44.7 Å². The summed E-state index contributed by atoms with van der Waals surface area (Å²) >= 11 is 0. The second-order valence-corrected chi connectivity index (χ2v) is 5.82. The maximum absolute atomic E-state index is 12.2. The van der Waals surface area contributed by atoms with Crippen LogP contribution in [0.2, 0.25) is 0 Å². The van der Waals surface area contributed by atoms with E-state index in [1.54, 1.807) is 26.4 Å². The minimum absolute atomic E-state index is 0.0171. The lowest BCUT2D eigenvalue weighted by Gasteiger charge is -2.30. The van der Waals surface area contributed by atoms with Crippen molar-refractivity contribution in [3.05, 3.63) is 18.2 Å². The molecule has 5 nitrogen and oxygen atoms in total. The third-order valence-corrected chi connectivity index (χ3v) is 4.27. The standard InChI is InChI=1S/C17H26N2O3/c1-19(13-7-5-4-6-8-13)12-17(20)18-15-10-9-14(21-2)11-16(15)22-3/h9-11,13H,4-8,12H2,1-3H3,(H,18,20). The monoisotopic (exact) mass is 306 g/mol. The SMILES string of the molecule is COc1ccc(NC(=O)CN(C)C2CCCCC2)c(OC)c1. The molecule has 122 valence electrons. The molecule has 1 amide bonds. The Kier molecular flexibility index (Phi) is 6.07. The summed E-state index contributed by atoms with van der Waals surface area (Å²) in [5.74, 6) is 1.29. The molecule has 1 aliphatic carbocycles. The summed E-state index contributed by atoms with van der Waals surface area (Å²) < 4.78 is 10.5. The van der Waals surface area contributed by atoms with Gasteiger partial charge in [-0.1, -0.05) is 19.3 Å². The number of likely N-dealkylation sites (N-methyl/N-ethyl adjacent to an activating group) is 1. The van der Waals surface area contributed by atoms with Gasteiger partial charge in [0.1, 0.15) is 11.5 Å². The molecule has 0 spiro atoms. The Balaban J connectivity index is 1.93. The lowest BCUT2D eigenvalue weighted by molar-refractivity contribution is -0.117. The number of carbonyl (C=O) groups is 1. The number of carbonyl (C=O) groups excluding carboxylic acids is 1. The molecular formula is C17H26N2O3. The highest BCUT2D eigenvalue weighted by Gasteiger charge is 2.20. The van der Waals surface area contributed by atoms with Crippen molar-refractivity contribution in [2.75, 3.05) is 33.1 Å². The first-order valence-corrected chi connectivity index (χ1v) is 7.86. The molecule has 0 heterocycles. The van der Waals surface area contributed by atoms with Crippen molar-refractivity contribution in [2.24, 2.45) is 0 Å². The number of benzene rings is 1. The van der Waals surface area contributed by atoms with Gasteiger partial charge in [0.25, 0.3) is 0 Å². The minimum atomic E-state index is -0.0171. The summed E-state index contributed by atoms with van der Waals surface area (Å²) in [7, 11) is 5.21. The fourth-order valence-electron chi connectivity index (χ4n) is 2.97. The van der Waals surface area contributed by atoms with Gasteiger partial charge in [-0.2, -0.15) is 0 Å². The molecule has 22 heavy (non-hydrogen) atoms. The highest BCUT2D eigenvalue weighted by molar-refractivity contribution is 5.93. The Bertz CT molecular complexity index is 499. The number of nitrogens with zero attached hydrogens (tertiary/aromatic N) is 1. The predicted octanol–water partition coefficient (Wildman–Crippen LogP) is 2.91. The molecule has 1 fully saturated rings. The molecule has 1 N–H and O–H groups in total. The van der Waals surface area contributed by atoms with Crippen LogP contribution in [-0.2, 0) is 4.79 Å². The summed E-state index contributed by atoms with van der Waals surface area (Å²) in [6.45, 7) is 0.403. The second kappa shape index (κ2) is 8.03. The number of hydrogen-bond donors (Lipinski definition) is 1. The van der Waals surface area contributed by atoms with Crippen molar-refractivity contribution < 1.29 is 14.3 Å². The quantitative estimate of drug-likeness (QED) is 0.878.